The van der Waals surface area contributed by atoms with Gasteiger partial charge < -0.3 is 60.3 Å². The lowest BCUT2D eigenvalue weighted by Crippen LogP contribution is -2.44. The van der Waals surface area contributed by atoms with Gasteiger partial charge in [-0.3, -0.25) is 0 Å². The molecular formula is C32H40N6O6. The van der Waals surface area contributed by atoms with Crippen LogP contribution < -0.4 is 41.4 Å². The monoisotopic (exact) mass is 604 g/mol. The van der Waals surface area contributed by atoms with Crippen molar-refractivity contribution < 1.29 is 28.4 Å². The Hall–Kier alpha value is -4.68. The van der Waals surface area contributed by atoms with E-state index >= 15 is 0 Å². The fraction of sp³-hybridized carbons (Fsp3) is 0.375. The molecule has 0 amide bonds. The van der Waals surface area contributed by atoms with Crippen LogP contribution in [0.1, 0.15) is 0 Å². The van der Waals surface area contributed by atoms with Gasteiger partial charge in [0.25, 0.3) is 0 Å². The summed E-state index contributed by atoms with van der Waals surface area (Å²) in [5.41, 5.74) is 5.20. The quantitative estimate of drug-likeness (QED) is 0.167. The van der Waals surface area contributed by atoms with E-state index in [2.05, 4.69) is 38.0 Å². The molecule has 0 fully saturated rings. The molecule has 6 N–H and O–H groups in total. The largest absolute Gasteiger partial charge is 0.497 e. The number of dihydropyridines is 2. The highest BCUT2D eigenvalue weighted by Crippen LogP contribution is 2.35. The zero-order valence-corrected chi connectivity index (χ0v) is 25.0. The molecule has 44 heavy (non-hydrogen) atoms. The third-order valence-corrected chi connectivity index (χ3v) is 7.53. The summed E-state index contributed by atoms with van der Waals surface area (Å²) in [6.45, 7) is 3.52. The van der Waals surface area contributed by atoms with Crippen LogP contribution >= 0.6 is 0 Å². The van der Waals surface area contributed by atoms with Gasteiger partial charge in [-0.2, -0.15) is 0 Å². The van der Waals surface area contributed by atoms with Gasteiger partial charge in [0.15, 0.2) is 0 Å². The van der Waals surface area contributed by atoms with E-state index in [1.165, 1.54) is 0 Å². The number of rotatable bonds is 15. The van der Waals surface area contributed by atoms with Crippen LogP contribution in [0.15, 0.2) is 84.1 Å². The smallest absolute Gasteiger partial charge is 0.138 e. The van der Waals surface area contributed by atoms with Crippen LogP contribution in [0.25, 0.3) is 0 Å². The molecule has 234 valence electrons. The van der Waals surface area contributed by atoms with Crippen molar-refractivity contribution in [3.8, 4) is 11.5 Å². The number of methoxy groups -OCH3 is 2. The molecule has 0 saturated heterocycles. The Morgan fingerprint density at radius 3 is 2.00 bits per heavy atom. The summed E-state index contributed by atoms with van der Waals surface area (Å²) in [4.78, 5) is 0. The van der Waals surface area contributed by atoms with Crippen LogP contribution in [0.4, 0.5) is 22.7 Å². The summed E-state index contributed by atoms with van der Waals surface area (Å²) < 4.78 is 33.5. The molecule has 6 rings (SSSR count). The summed E-state index contributed by atoms with van der Waals surface area (Å²) in [6.07, 6.45) is 9.96. The molecule has 4 aliphatic heterocycles. The topological polar surface area (TPSA) is 128 Å². The average Bonchev–Trinajstić information content (AvgIpc) is 3.70. The van der Waals surface area contributed by atoms with E-state index in [1.807, 2.05) is 60.8 Å². The zero-order valence-electron chi connectivity index (χ0n) is 25.0. The summed E-state index contributed by atoms with van der Waals surface area (Å²) in [5.74, 6) is 3.29. The molecule has 0 radical (unpaired) electrons. The summed E-state index contributed by atoms with van der Waals surface area (Å²) >= 11 is 0. The van der Waals surface area contributed by atoms with E-state index in [4.69, 9.17) is 28.4 Å². The van der Waals surface area contributed by atoms with E-state index in [0.29, 0.717) is 46.2 Å². The molecule has 0 saturated carbocycles. The molecule has 0 bridgehead atoms. The number of hydrogen-bond acceptors (Lipinski definition) is 12. The number of allylic oxidation sites excluding steroid dienone is 3. The zero-order chi connectivity index (χ0) is 30.1. The molecule has 0 spiro atoms. The van der Waals surface area contributed by atoms with Gasteiger partial charge in [-0.25, -0.2) is 0 Å². The maximum atomic E-state index is 5.84. The lowest BCUT2D eigenvalue weighted by molar-refractivity contribution is 0.0139. The minimum Gasteiger partial charge on any atom is -0.497 e. The second-order valence-corrected chi connectivity index (χ2v) is 10.4. The Morgan fingerprint density at radius 2 is 1.34 bits per heavy atom. The second kappa shape index (κ2) is 14.2. The van der Waals surface area contributed by atoms with Crippen molar-refractivity contribution in [2.45, 2.75) is 18.4 Å². The SMILES string of the molecule is COc1ccc2c(c1)NC(C1=CC=C(OCCOCCOCCOC3=CNC(C4Nc5ccc(OC)cc5N4)C=C3)CN1)N2. The molecule has 2 aromatic rings. The molecule has 0 aromatic heterocycles. The van der Waals surface area contributed by atoms with Crippen molar-refractivity contribution in [3.05, 3.63) is 84.1 Å². The number of benzene rings is 2. The Kier molecular flexibility index (Phi) is 9.48. The first-order valence-electron chi connectivity index (χ1n) is 14.8. The first kappa shape index (κ1) is 29.4. The number of ether oxygens (including phenoxy) is 6. The van der Waals surface area contributed by atoms with Gasteiger partial charge in [0.05, 0.1) is 81.7 Å². The minimum absolute atomic E-state index is 0.0231. The standard InChI is InChI=1S/C32H40N6O6/c1-39-21-3-7-25-29(17-21)37-31(35-25)27-9-5-23(19-33-27)43-15-13-41-11-12-42-14-16-44-24-6-10-28(34-20-24)32-36-26-8-4-22(40-2)18-30(26)38-32/h3-10,17-19,27,31-38H,11-16,20H2,1-2H3. The van der Waals surface area contributed by atoms with Crippen molar-refractivity contribution >= 4 is 22.7 Å². The van der Waals surface area contributed by atoms with E-state index < -0.39 is 0 Å². The molecular weight excluding hydrogens is 564 g/mol. The van der Waals surface area contributed by atoms with Gasteiger partial charge in [-0.1, -0.05) is 6.08 Å². The van der Waals surface area contributed by atoms with Crippen LogP contribution in [-0.2, 0) is 18.9 Å². The van der Waals surface area contributed by atoms with Gasteiger partial charge in [-0.15, -0.1) is 0 Å². The normalized spacial score (nSPS) is 21.0. The predicted molar refractivity (Wildman–Crippen MR) is 170 cm³/mol. The number of fused-ring (bicyclic) bond motifs is 2. The average molecular weight is 605 g/mol. The van der Waals surface area contributed by atoms with Crippen LogP contribution in [0.2, 0.25) is 0 Å². The van der Waals surface area contributed by atoms with Gasteiger partial charge in [-0.05, 0) is 42.5 Å². The molecule has 3 atom stereocenters. The minimum atomic E-state index is -0.0231. The molecule has 3 unspecified atom stereocenters. The predicted octanol–water partition coefficient (Wildman–Crippen LogP) is 3.54. The summed E-state index contributed by atoms with van der Waals surface area (Å²) in [6, 6.07) is 12.0. The molecule has 4 aliphatic rings. The van der Waals surface area contributed by atoms with E-state index in [0.717, 1.165) is 51.5 Å². The Labute approximate surface area is 257 Å². The number of anilines is 4. The lowest BCUT2D eigenvalue weighted by Gasteiger charge is -2.25. The van der Waals surface area contributed by atoms with E-state index in [-0.39, 0.29) is 18.4 Å². The Bertz CT molecular complexity index is 1430. The fourth-order valence-electron chi connectivity index (χ4n) is 5.18. The maximum Gasteiger partial charge on any atom is 0.138 e. The molecule has 0 aliphatic carbocycles. The van der Waals surface area contributed by atoms with Crippen LogP contribution in [0.5, 0.6) is 11.5 Å². The highest BCUT2D eigenvalue weighted by atomic mass is 16.6. The van der Waals surface area contributed by atoms with E-state index in [1.54, 1.807) is 14.2 Å². The summed E-state index contributed by atoms with van der Waals surface area (Å²) in [5, 5.41) is 20.7. The third-order valence-electron chi connectivity index (χ3n) is 7.53. The highest BCUT2D eigenvalue weighted by Gasteiger charge is 2.27. The van der Waals surface area contributed by atoms with Crippen LogP contribution in [0.3, 0.4) is 0 Å². The van der Waals surface area contributed by atoms with Crippen molar-refractivity contribution in [1.82, 2.24) is 10.6 Å². The van der Waals surface area contributed by atoms with Crippen LogP contribution in [0, 0.1) is 0 Å². The molecule has 4 heterocycles. The second-order valence-electron chi connectivity index (χ2n) is 10.4. The van der Waals surface area contributed by atoms with Gasteiger partial charge in [0, 0.05) is 18.3 Å². The molecule has 12 heteroatoms. The molecule has 2 aromatic carbocycles. The number of hydrogen-bond donors (Lipinski definition) is 6. The van der Waals surface area contributed by atoms with Gasteiger partial charge in [0.1, 0.15) is 48.6 Å². The first-order chi connectivity index (χ1) is 21.7. The Balaban J connectivity index is 0.783. The first-order valence-corrected chi connectivity index (χ1v) is 14.8. The van der Waals surface area contributed by atoms with Crippen molar-refractivity contribution in [1.29, 1.82) is 0 Å². The highest BCUT2D eigenvalue weighted by molar-refractivity contribution is 5.77. The van der Waals surface area contributed by atoms with E-state index in [9.17, 15) is 0 Å². The Morgan fingerprint density at radius 1 is 0.705 bits per heavy atom. The number of nitrogens with one attached hydrogen (secondary N) is 6. The third kappa shape index (κ3) is 7.26. The maximum absolute atomic E-state index is 5.84. The van der Waals surface area contributed by atoms with Crippen molar-refractivity contribution in [2.24, 2.45) is 0 Å². The summed E-state index contributed by atoms with van der Waals surface area (Å²) in [7, 11) is 3.34. The lowest BCUT2D eigenvalue weighted by atomic mass is 10.1. The van der Waals surface area contributed by atoms with Crippen LogP contribution in [-0.4, -0.2) is 78.8 Å². The molecule has 12 nitrogen and oxygen atoms in total. The van der Waals surface area contributed by atoms with Gasteiger partial charge in [0.2, 0.25) is 0 Å². The van der Waals surface area contributed by atoms with Crippen molar-refractivity contribution in [3.63, 3.8) is 0 Å². The fourth-order valence-corrected chi connectivity index (χ4v) is 5.18. The van der Waals surface area contributed by atoms with Gasteiger partial charge >= 0.3 is 0 Å². The van der Waals surface area contributed by atoms with Crippen molar-refractivity contribution in [2.75, 3.05) is 81.7 Å².